The highest BCUT2D eigenvalue weighted by Gasteiger charge is 2.34. The zero-order valence-corrected chi connectivity index (χ0v) is 15.7. The van der Waals surface area contributed by atoms with E-state index in [1.165, 1.54) is 18.2 Å². The van der Waals surface area contributed by atoms with Gasteiger partial charge in [-0.3, -0.25) is 9.59 Å². The van der Waals surface area contributed by atoms with Gasteiger partial charge in [-0.05, 0) is 36.4 Å². The van der Waals surface area contributed by atoms with Gasteiger partial charge in [-0.1, -0.05) is 23.2 Å². The molecule has 0 saturated heterocycles. The minimum Gasteiger partial charge on any atom is -0.325 e. The quantitative estimate of drug-likeness (QED) is 0.674. The van der Waals surface area contributed by atoms with Crippen molar-refractivity contribution >= 4 is 58.2 Å². The van der Waals surface area contributed by atoms with Crippen LogP contribution in [0.3, 0.4) is 0 Å². The summed E-state index contributed by atoms with van der Waals surface area (Å²) >= 11 is 12.8. The van der Waals surface area contributed by atoms with Crippen LogP contribution in [0.5, 0.6) is 0 Å². The van der Waals surface area contributed by atoms with Crippen molar-refractivity contribution < 1.29 is 22.8 Å². The first-order valence-corrected chi connectivity index (χ1v) is 9.21. The number of rotatable bonds is 3. The van der Waals surface area contributed by atoms with Gasteiger partial charge in [0.25, 0.3) is 0 Å². The average Bonchev–Trinajstić information content (AvgIpc) is 2.57. The van der Waals surface area contributed by atoms with E-state index in [-0.39, 0.29) is 17.1 Å². The molecule has 0 aliphatic carbocycles. The van der Waals surface area contributed by atoms with Crippen molar-refractivity contribution in [3.63, 3.8) is 0 Å². The molecule has 27 heavy (non-hydrogen) atoms. The molecule has 0 radical (unpaired) electrons. The van der Waals surface area contributed by atoms with E-state index in [0.29, 0.717) is 15.6 Å². The summed E-state index contributed by atoms with van der Waals surface area (Å²) in [6.45, 7) is 0. The maximum absolute atomic E-state index is 12.8. The number of alkyl halides is 3. The fraction of sp³-hybridized carbons (Fsp3) is 0.176. The predicted molar refractivity (Wildman–Crippen MR) is 99.4 cm³/mol. The summed E-state index contributed by atoms with van der Waals surface area (Å²) in [5.41, 5.74) is -0.421. The lowest BCUT2D eigenvalue weighted by atomic mass is 10.1. The minimum atomic E-state index is -4.50. The summed E-state index contributed by atoms with van der Waals surface area (Å²) in [5, 5.41) is 4.90. The van der Waals surface area contributed by atoms with Crippen LogP contribution in [0.25, 0.3) is 0 Å². The molecule has 142 valence electrons. The van der Waals surface area contributed by atoms with Gasteiger partial charge in [-0.2, -0.15) is 13.2 Å². The fourth-order valence-corrected chi connectivity index (χ4v) is 3.97. The number of halogens is 5. The SMILES string of the molecule is O=C(C[C@@H]1Sc2ccc(C(F)(F)F)cc2NC1=O)Nc1ccc(Cl)cc1Cl. The van der Waals surface area contributed by atoms with E-state index >= 15 is 0 Å². The largest absolute Gasteiger partial charge is 0.416 e. The van der Waals surface area contributed by atoms with Crippen LogP contribution in [0.2, 0.25) is 10.0 Å². The van der Waals surface area contributed by atoms with E-state index in [0.717, 1.165) is 23.9 Å². The number of amides is 2. The topological polar surface area (TPSA) is 58.2 Å². The van der Waals surface area contributed by atoms with Gasteiger partial charge < -0.3 is 10.6 Å². The Bertz CT molecular complexity index is 922. The molecule has 0 aromatic heterocycles. The first-order valence-electron chi connectivity index (χ1n) is 7.57. The molecule has 0 saturated carbocycles. The molecule has 2 aromatic carbocycles. The lowest BCUT2D eigenvalue weighted by molar-refractivity contribution is -0.137. The van der Waals surface area contributed by atoms with Gasteiger partial charge in [-0.25, -0.2) is 0 Å². The van der Waals surface area contributed by atoms with Crippen LogP contribution >= 0.6 is 35.0 Å². The maximum atomic E-state index is 12.8. The third-order valence-electron chi connectivity index (χ3n) is 3.70. The zero-order chi connectivity index (χ0) is 19.8. The minimum absolute atomic E-state index is 0.0808. The zero-order valence-electron chi connectivity index (χ0n) is 13.4. The molecule has 2 N–H and O–H groups in total. The van der Waals surface area contributed by atoms with Crippen LogP contribution in [-0.4, -0.2) is 17.1 Å². The van der Waals surface area contributed by atoms with Crippen molar-refractivity contribution in [2.75, 3.05) is 10.6 Å². The van der Waals surface area contributed by atoms with E-state index in [1.807, 2.05) is 0 Å². The van der Waals surface area contributed by atoms with Crippen molar-refractivity contribution in [1.82, 2.24) is 0 Å². The molecule has 1 heterocycles. The number of fused-ring (bicyclic) bond motifs is 1. The fourth-order valence-electron chi connectivity index (χ4n) is 2.42. The molecule has 2 aromatic rings. The normalized spacial score (nSPS) is 16.5. The number of hydrogen-bond acceptors (Lipinski definition) is 3. The standard InChI is InChI=1S/C17H11Cl2F3N2O2S/c18-9-2-3-11(10(19)6-9)23-15(25)7-14-16(26)24-12-5-8(17(20,21)22)1-4-13(12)27-14/h1-6,14H,7H2,(H,23,25)(H,24,26)/t14-/m0/s1. The maximum Gasteiger partial charge on any atom is 0.416 e. The van der Waals surface area contributed by atoms with Gasteiger partial charge >= 0.3 is 6.18 Å². The molecule has 1 atom stereocenters. The highest BCUT2D eigenvalue weighted by atomic mass is 35.5. The summed E-state index contributed by atoms with van der Waals surface area (Å²) in [6.07, 6.45) is -4.67. The van der Waals surface area contributed by atoms with Crippen LogP contribution in [0, 0.1) is 0 Å². The Morgan fingerprint density at radius 1 is 1.19 bits per heavy atom. The van der Waals surface area contributed by atoms with Crippen LogP contribution < -0.4 is 10.6 Å². The third kappa shape index (κ3) is 4.69. The first kappa shape index (κ1) is 19.9. The Hall–Kier alpha value is -1.90. The second-order valence-electron chi connectivity index (χ2n) is 5.68. The van der Waals surface area contributed by atoms with Crippen molar-refractivity contribution in [2.45, 2.75) is 22.7 Å². The predicted octanol–water partition coefficient (Wildman–Crippen LogP) is 5.45. The summed E-state index contributed by atoms with van der Waals surface area (Å²) in [4.78, 5) is 24.9. The Balaban J connectivity index is 1.70. The molecule has 3 rings (SSSR count). The lowest BCUT2D eigenvalue weighted by Crippen LogP contribution is -2.32. The van der Waals surface area contributed by atoms with E-state index in [2.05, 4.69) is 10.6 Å². The Morgan fingerprint density at radius 3 is 2.59 bits per heavy atom. The molecule has 1 aliphatic heterocycles. The number of benzene rings is 2. The van der Waals surface area contributed by atoms with Crippen LogP contribution in [0.4, 0.5) is 24.5 Å². The molecular weight excluding hydrogens is 424 g/mol. The van der Waals surface area contributed by atoms with E-state index in [4.69, 9.17) is 23.2 Å². The van der Waals surface area contributed by atoms with Gasteiger partial charge in [0, 0.05) is 16.3 Å². The Morgan fingerprint density at radius 2 is 1.93 bits per heavy atom. The number of anilines is 2. The third-order valence-corrected chi connectivity index (χ3v) is 5.53. The van der Waals surface area contributed by atoms with Crippen LogP contribution in [0.1, 0.15) is 12.0 Å². The van der Waals surface area contributed by atoms with Crippen LogP contribution in [0.15, 0.2) is 41.3 Å². The number of nitrogens with one attached hydrogen (secondary N) is 2. The van der Waals surface area contributed by atoms with Gasteiger partial charge in [0.05, 0.1) is 27.2 Å². The summed E-state index contributed by atoms with van der Waals surface area (Å²) < 4.78 is 38.3. The van der Waals surface area contributed by atoms with Gasteiger partial charge in [0.2, 0.25) is 11.8 Å². The Labute approximate surface area is 166 Å². The van der Waals surface area contributed by atoms with Crippen LogP contribution in [-0.2, 0) is 15.8 Å². The second kappa shape index (κ2) is 7.61. The lowest BCUT2D eigenvalue weighted by Gasteiger charge is -2.24. The molecule has 1 aliphatic rings. The van der Waals surface area contributed by atoms with E-state index in [1.54, 1.807) is 6.07 Å². The van der Waals surface area contributed by atoms with Crippen molar-refractivity contribution in [3.05, 3.63) is 52.0 Å². The van der Waals surface area contributed by atoms with Gasteiger partial charge in [-0.15, -0.1) is 11.8 Å². The molecule has 2 amide bonds. The highest BCUT2D eigenvalue weighted by molar-refractivity contribution is 8.01. The van der Waals surface area contributed by atoms with Crippen molar-refractivity contribution in [3.8, 4) is 0 Å². The van der Waals surface area contributed by atoms with Gasteiger partial charge in [0.15, 0.2) is 0 Å². The second-order valence-corrected chi connectivity index (χ2v) is 7.77. The average molecular weight is 435 g/mol. The molecule has 0 spiro atoms. The Kier molecular flexibility index (Phi) is 5.60. The number of carbonyl (C=O) groups is 2. The number of carbonyl (C=O) groups excluding carboxylic acids is 2. The smallest absolute Gasteiger partial charge is 0.325 e. The summed E-state index contributed by atoms with van der Waals surface area (Å²) in [5.74, 6) is -0.994. The van der Waals surface area contributed by atoms with E-state index in [9.17, 15) is 22.8 Å². The van der Waals surface area contributed by atoms with Gasteiger partial charge in [0.1, 0.15) is 0 Å². The number of hydrogen-bond donors (Lipinski definition) is 2. The highest BCUT2D eigenvalue weighted by Crippen LogP contribution is 2.40. The molecule has 0 fully saturated rings. The van der Waals surface area contributed by atoms with E-state index < -0.39 is 28.8 Å². The molecule has 0 bridgehead atoms. The first-order chi connectivity index (χ1) is 12.6. The van der Waals surface area contributed by atoms with Crippen molar-refractivity contribution in [1.29, 1.82) is 0 Å². The summed E-state index contributed by atoms with van der Waals surface area (Å²) in [7, 11) is 0. The molecular formula is C17H11Cl2F3N2O2S. The monoisotopic (exact) mass is 434 g/mol. The molecule has 10 heteroatoms. The number of thioether (sulfide) groups is 1. The summed E-state index contributed by atoms with van der Waals surface area (Å²) in [6, 6.07) is 7.65. The van der Waals surface area contributed by atoms with Crippen molar-refractivity contribution in [2.24, 2.45) is 0 Å². The molecule has 0 unspecified atom stereocenters. The molecule has 4 nitrogen and oxygen atoms in total.